The van der Waals surface area contributed by atoms with Gasteiger partial charge in [-0.25, -0.2) is 0 Å². The van der Waals surface area contributed by atoms with Gasteiger partial charge in [-0.05, 0) is 34.5 Å². The average molecular weight is 248 g/mol. The molecule has 72 valence electrons. The molecule has 4 nitrogen and oxygen atoms in total. The van der Waals surface area contributed by atoms with E-state index in [2.05, 4.69) is 21.2 Å². The van der Waals surface area contributed by atoms with E-state index in [1.807, 2.05) is 6.92 Å². The maximum absolute atomic E-state index is 9.11. The fourth-order valence-electron chi connectivity index (χ4n) is 1.09. The van der Waals surface area contributed by atoms with Crippen LogP contribution in [-0.2, 0) is 4.74 Å². The van der Waals surface area contributed by atoms with Crippen molar-refractivity contribution in [2.24, 2.45) is 0 Å². The maximum atomic E-state index is 9.11. The molecule has 1 aliphatic heterocycles. The van der Waals surface area contributed by atoms with E-state index in [0.29, 0.717) is 0 Å². The predicted octanol–water partition coefficient (Wildman–Crippen LogP) is 0.127. The molecule has 1 unspecified atom stereocenters. The smallest absolute Gasteiger partial charge is 0.424 e. The summed E-state index contributed by atoms with van der Waals surface area (Å²) in [6.07, 6.45) is 3.24. The zero-order chi connectivity index (χ0) is 10.1. The summed E-state index contributed by atoms with van der Waals surface area (Å²) in [4.78, 5) is 0. The molecule has 1 atom stereocenters. The number of ether oxygens (including phenoxy) is 1. The van der Waals surface area contributed by atoms with Crippen LogP contribution in [0, 0.1) is 0 Å². The minimum absolute atomic E-state index is 0.862. The molecule has 0 bridgehead atoms. The van der Waals surface area contributed by atoms with Gasteiger partial charge in [0.25, 0.3) is 0 Å². The number of nitrogens with one attached hydrogen (secondary N) is 1. The second kappa shape index (κ2) is 3.83. The van der Waals surface area contributed by atoms with Crippen molar-refractivity contribution in [1.82, 2.24) is 5.32 Å². The lowest BCUT2D eigenvalue weighted by atomic mass is 9.73. The lowest BCUT2D eigenvalue weighted by molar-refractivity contribution is 0.0501. The lowest BCUT2D eigenvalue weighted by Crippen LogP contribution is -2.57. The summed E-state index contributed by atoms with van der Waals surface area (Å²) in [6.45, 7) is 1.84. The monoisotopic (exact) mass is 247 g/mol. The van der Waals surface area contributed by atoms with E-state index in [1.54, 1.807) is 12.3 Å². The summed E-state index contributed by atoms with van der Waals surface area (Å²) >= 11 is 3.30. The average Bonchev–Trinajstić information content (AvgIpc) is 2.09. The number of dihydropyridines is 1. The third-order valence-electron chi connectivity index (χ3n) is 1.95. The molecule has 0 aromatic heterocycles. The topological polar surface area (TPSA) is 61.7 Å². The Labute approximate surface area is 85.6 Å². The Bertz CT molecular complexity index is 266. The van der Waals surface area contributed by atoms with Crippen LogP contribution in [0.5, 0.6) is 0 Å². The van der Waals surface area contributed by atoms with Gasteiger partial charge < -0.3 is 20.1 Å². The zero-order valence-corrected chi connectivity index (χ0v) is 9.00. The van der Waals surface area contributed by atoms with E-state index in [1.165, 1.54) is 7.11 Å². The minimum Gasteiger partial charge on any atom is -0.424 e. The Balaban J connectivity index is 2.96. The molecule has 0 radical (unpaired) electrons. The van der Waals surface area contributed by atoms with Crippen LogP contribution in [0.3, 0.4) is 0 Å². The molecule has 1 rings (SSSR count). The highest BCUT2D eigenvalue weighted by atomic mass is 79.9. The van der Waals surface area contributed by atoms with E-state index in [9.17, 15) is 0 Å². The van der Waals surface area contributed by atoms with Crippen molar-refractivity contribution >= 4 is 23.0 Å². The van der Waals surface area contributed by atoms with Gasteiger partial charge in [-0.1, -0.05) is 0 Å². The molecule has 0 fully saturated rings. The molecule has 13 heavy (non-hydrogen) atoms. The summed E-state index contributed by atoms with van der Waals surface area (Å²) in [5.41, 5.74) is -0.352. The molecule has 0 spiro atoms. The molecular formula is C7H11BBrNO3. The van der Waals surface area contributed by atoms with Gasteiger partial charge >= 0.3 is 7.12 Å². The third kappa shape index (κ3) is 1.96. The van der Waals surface area contributed by atoms with E-state index in [0.717, 1.165) is 10.1 Å². The number of halogens is 1. The van der Waals surface area contributed by atoms with Crippen LogP contribution in [0.25, 0.3) is 0 Å². The van der Waals surface area contributed by atoms with Crippen molar-refractivity contribution in [3.8, 4) is 0 Å². The first-order valence-corrected chi connectivity index (χ1v) is 4.55. The molecule has 3 N–H and O–H groups in total. The molecule has 6 heteroatoms. The predicted molar refractivity (Wildman–Crippen MR) is 53.8 cm³/mol. The molecule has 0 saturated heterocycles. The first kappa shape index (κ1) is 10.8. The SMILES string of the molecule is COC1(B(O)O)C=C(C)C(Br)=CN1. The Kier molecular flexibility index (Phi) is 3.18. The Morgan fingerprint density at radius 1 is 1.62 bits per heavy atom. The normalized spacial score (nSPS) is 27.5. The largest absolute Gasteiger partial charge is 0.512 e. The van der Waals surface area contributed by atoms with E-state index in [4.69, 9.17) is 14.8 Å². The Morgan fingerprint density at radius 3 is 2.62 bits per heavy atom. The van der Waals surface area contributed by atoms with Gasteiger partial charge in [-0.2, -0.15) is 0 Å². The number of hydrogen-bond donors (Lipinski definition) is 3. The third-order valence-corrected chi connectivity index (χ3v) is 2.81. The van der Waals surface area contributed by atoms with Gasteiger partial charge in [-0.15, -0.1) is 0 Å². The summed E-state index contributed by atoms with van der Waals surface area (Å²) < 4.78 is 5.87. The summed E-state index contributed by atoms with van der Waals surface area (Å²) in [7, 11) is -0.201. The first-order chi connectivity index (χ1) is 6.02. The van der Waals surface area contributed by atoms with Gasteiger partial charge in [0, 0.05) is 17.8 Å². The summed E-state index contributed by atoms with van der Waals surface area (Å²) in [6, 6.07) is 0. The van der Waals surface area contributed by atoms with Gasteiger partial charge in [0.2, 0.25) is 0 Å². The molecule has 1 aliphatic rings. The van der Waals surface area contributed by atoms with Crippen LogP contribution in [0.1, 0.15) is 6.92 Å². The fraction of sp³-hybridized carbons (Fsp3) is 0.429. The molecular weight excluding hydrogens is 237 g/mol. The Morgan fingerprint density at radius 2 is 2.23 bits per heavy atom. The van der Waals surface area contributed by atoms with Crippen LogP contribution >= 0.6 is 15.9 Å². The number of methoxy groups -OCH3 is 1. The van der Waals surface area contributed by atoms with Crippen molar-refractivity contribution in [3.05, 3.63) is 22.3 Å². The van der Waals surface area contributed by atoms with Crippen LogP contribution in [0.4, 0.5) is 0 Å². The van der Waals surface area contributed by atoms with Gasteiger partial charge in [0.15, 0.2) is 5.62 Å². The van der Waals surface area contributed by atoms with E-state index in [-0.39, 0.29) is 0 Å². The Hall–Kier alpha value is -0.295. The van der Waals surface area contributed by atoms with E-state index < -0.39 is 12.7 Å². The summed E-state index contributed by atoms with van der Waals surface area (Å²) in [5, 5.41) is 21.0. The molecule has 0 saturated carbocycles. The lowest BCUT2D eigenvalue weighted by Gasteiger charge is -2.32. The zero-order valence-electron chi connectivity index (χ0n) is 7.41. The van der Waals surface area contributed by atoms with Crippen LogP contribution in [0.15, 0.2) is 22.3 Å². The second-order valence-corrected chi connectivity index (χ2v) is 3.69. The first-order valence-electron chi connectivity index (χ1n) is 3.76. The second-order valence-electron chi connectivity index (χ2n) is 2.83. The molecule has 0 aromatic carbocycles. The number of allylic oxidation sites excluding steroid dienone is 2. The van der Waals surface area contributed by atoms with Crippen molar-refractivity contribution in [2.75, 3.05) is 7.11 Å². The number of rotatable bonds is 2. The molecule has 0 amide bonds. The highest BCUT2D eigenvalue weighted by molar-refractivity contribution is 9.12. The fourth-order valence-corrected chi connectivity index (χ4v) is 1.32. The quantitative estimate of drug-likeness (QED) is 0.607. The van der Waals surface area contributed by atoms with Crippen molar-refractivity contribution in [2.45, 2.75) is 12.5 Å². The van der Waals surface area contributed by atoms with E-state index >= 15 is 0 Å². The molecule has 0 aliphatic carbocycles. The van der Waals surface area contributed by atoms with Crippen LogP contribution in [-0.4, -0.2) is 29.9 Å². The standard InChI is InChI=1S/C7H11BBrNO3/c1-5-3-7(13-2,8(11)12)10-4-6(5)9/h3-4,10-12H,1-2H3. The summed E-state index contributed by atoms with van der Waals surface area (Å²) in [5.74, 6) is 0. The van der Waals surface area contributed by atoms with Gasteiger partial charge in [0.05, 0.1) is 0 Å². The van der Waals surface area contributed by atoms with Crippen LogP contribution < -0.4 is 5.32 Å². The molecule has 1 heterocycles. The number of hydrogen-bond acceptors (Lipinski definition) is 4. The van der Waals surface area contributed by atoms with Crippen molar-refractivity contribution in [1.29, 1.82) is 0 Å². The van der Waals surface area contributed by atoms with Gasteiger partial charge in [0.1, 0.15) is 0 Å². The molecule has 0 aromatic rings. The minimum atomic E-state index is -1.61. The van der Waals surface area contributed by atoms with Gasteiger partial charge in [-0.3, -0.25) is 0 Å². The van der Waals surface area contributed by atoms with Crippen LogP contribution in [0.2, 0.25) is 0 Å². The van der Waals surface area contributed by atoms with Crippen molar-refractivity contribution in [3.63, 3.8) is 0 Å². The highest BCUT2D eigenvalue weighted by Crippen LogP contribution is 2.25. The highest BCUT2D eigenvalue weighted by Gasteiger charge is 2.41. The maximum Gasteiger partial charge on any atom is 0.512 e. The van der Waals surface area contributed by atoms with Crippen molar-refractivity contribution < 1.29 is 14.8 Å².